The van der Waals surface area contributed by atoms with Crippen molar-refractivity contribution < 1.29 is 4.74 Å². The summed E-state index contributed by atoms with van der Waals surface area (Å²) < 4.78 is 6.67. The van der Waals surface area contributed by atoms with Crippen LogP contribution in [0.3, 0.4) is 0 Å². The maximum absolute atomic E-state index is 12.9. The molecule has 0 atom stereocenters. The Bertz CT molecular complexity index is 892. The summed E-state index contributed by atoms with van der Waals surface area (Å²) in [7, 11) is 1.66. The third kappa shape index (κ3) is 3.28. The molecule has 0 N–H and O–H groups in total. The maximum Gasteiger partial charge on any atom is 0.267 e. The van der Waals surface area contributed by atoms with E-state index in [0.717, 1.165) is 5.56 Å². The first-order chi connectivity index (χ1) is 11.2. The predicted octanol–water partition coefficient (Wildman–Crippen LogP) is 2.83. The minimum atomic E-state index is -0.103. The van der Waals surface area contributed by atoms with Crippen molar-refractivity contribution in [3.63, 3.8) is 0 Å². The summed E-state index contributed by atoms with van der Waals surface area (Å²) in [4.78, 5) is 21.9. The normalized spacial score (nSPS) is 11.0. The lowest BCUT2D eigenvalue weighted by Crippen LogP contribution is -2.23. The smallest absolute Gasteiger partial charge is 0.267 e. The molecule has 0 aliphatic rings. The lowest BCUT2D eigenvalue weighted by Gasteiger charge is -2.12. The summed E-state index contributed by atoms with van der Waals surface area (Å²) in [6.45, 7) is 2.57. The van der Waals surface area contributed by atoms with Crippen LogP contribution in [0.2, 0.25) is 0 Å². The van der Waals surface area contributed by atoms with Crippen molar-refractivity contribution in [2.24, 2.45) is 0 Å². The average molecular weight is 327 g/mol. The van der Waals surface area contributed by atoms with Gasteiger partial charge in [-0.25, -0.2) is 14.5 Å². The van der Waals surface area contributed by atoms with Crippen LogP contribution >= 0.6 is 11.8 Å². The molecular formula is C17H17N3O2S. The lowest BCUT2D eigenvalue weighted by atomic mass is 10.2. The minimum absolute atomic E-state index is 0.103. The highest BCUT2D eigenvalue weighted by molar-refractivity contribution is 7.99. The molecule has 118 valence electrons. The van der Waals surface area contributed by atoms with E-state index in [9.17, 15) is 4.79 Å². The zero-order chi connectivity index (χ0) is 16.2. The first-order valence-corrected chi connectivity index (χ1v) is 8.26. The van der Waals surface area contributed by atoms with Gasteiger partial charge in [0.2, 0.25) is 0 Å². The number of pyridine rings is 1. The van der Waals surface area contributed by atoms with E-state index in [1.54, 1.807) is 23.9 Å². The zero-order valence-corrected chi connectivity index (χ0v) is 13.8. The highest BCUT2D eigenvalue weighted by atomic mass is 32.2. The fraction of sp³-hybridized carbons (Fsp3) is 0.235. The van der Waals surface area contributed by atoms with Gasteiger partial charge < -0.3 is 4.74 Å². The standard InChI is InChI=1S/C17H17N3O2S/c1-12-7-8-18-15(11-12)20-16(21)13-5-3-4-6-14(13)19-17(20)23-10-9-22-2/h3-8,11H,9-10H2,1-2H3. The van der Waals surface area contributed by atoms with Crippen LogP contribution in [0.1, 0.15) is 5.56 Å². The molecule has 0 amide bonds. The Labute approximate surface area is 138 Å². The molecule has 0 aliphatic heterocycles. The van der Waals surface area contributed by atoms with E-state index >= 15 is 0 Å². The number of fused-ring (bicyclic) bond motifs is 1. The third-order valence-electron chi connectivity index (χ3n) is 3.39. The first-order valence-electron chi connectivity index (χ1n) is 7.27. The molecule has 0 saturated heterocycles. The molecule has 6 heteroatoms. The summed E-state index contributed by atoms with van der Waals surface area (Å²) in [6.07, 6.45) is 1.70. The molecule has 0 bridgehead atoms. The van der Waals surface area contributed by atoms with Gasteiger partial charge in [-0.2, -0.15) is 0 Å². The average Bonchev–Trinajstić information content (AvgIpc) is 2.55. The number of nitrogens with zero attached hydrogens (tertiary/aromatic N) is 3. The monoisotopic (exact) mass is 327 g/mol. The van der Waals surface area contributed by atoms with Crippen molar-refractivity contribution in [2.45, 2.75) is 12.1 Å². The molecule has 2 heterocycles. The number of para-hydroxylation sites is 1. The molecule has 0 spiro atoms. The molecule has 0 aliphatic carbocycles. The fourth-order valence-corrected chi connectivity index (χ4v) is 3.17. The molecule has 3 rings (SSSR count). The molecule has 2 aromatic heterocycles. The van der Waals surface area contributed by atoms with Gasteiger partial charge in [0.15, 0.2) is 5.16 Å². The van der Waals surface area contributed by atoms with Gasteiger partial charge in [-0.1, -0.05) is 23.9 Å². The SMILES string of the molecule is COCCSc1nc2ccccc2c(=O)n1-c1cc(C)ccn1. The molecule has 1 aromatic carbocycles. The van der Waals surface area contributed by atoms with Gasteiger partial charge >= 0.3 is 0 Å². The van der Waals surface area contributed by atoms with Crippen molar-refractivity contribution >= 4 is 22.7 Å². The summed E-state index contributed by atoms with van der Waals surface area (Å²) in [5.41, 5.74) is 1.64. The Hall–Kier alpha value is -2.18. The molecule has 0 saturated carbocycles. The highest BCUT2D eigenvalue weighted by Crippen LogP contribution is 2.20. The molecular weight excluding hydrogens is 310 g/mol. The van der Waals surface area contributed by atoms with Crippen LogP contribution in [0.4, 0.5) is 0 Å². The number of hydrogen-bond donors (Lipinski definition) is 0. The number of aromatic nitrogens is 3. The van der Waals surface area contributed by atoms with Crippen LogP contribution in [-0.4, -0.2) is 34.0 Å². The minimum Gasteiger partial charge on any atom is -0.384 e. The number of methoxy groups -OCH3 is 1. The fourth-order valence-electron chi connectivity index (χ4n) is 2.27. The molecule has 0 radical (unpaired) electrons. The van der Waals surface area contributed by atoms with Crippen LogP contribution < -0.4 is 5.56 Å². The Morgan fingerprint density at radius 2 is 2.09 bits per heavy atom. The van der Waals surface area contributed by atoms with Crippen molar-refractivity contribution in [1.29, 1.82) is 0 Å². The van der Waals surface area contributed by atoms with Crippen molar-refractivity contribution in [2.75, 3.05) is 19.5 Å². The van der Waals surface area contributed by atoms with E-state index in [-0.39, 0.29) is 5.56 Å². The Balaban J connectivity index is 2.21. The number of rotatable bonds is 5. The van der Waals surface area contributed by atoms with Crippen molar-refractivity contribution in [3.8, 4) is 5.82 Å². The molecule has 5 nitrogen and oxygen atoms in total. The number of benzene rings is 1. The van der Waals surface area contributed by atoms with Gasteiger partial charge in [0, 0.05) is 19.1 Å². The summed E-state index contributed by atoms with van der Waals surface area (Å²) in [5.74, 6) is 1.31. The van der Waals surface area contributed by atoms with Gasteiger partial charge in [-0.3, -0.25) is 4.79 Å². The highest BCUT2D eigenvalue weighted by Gasteiger charge is 2.14. The Morgan fingerprint density at radius 1 is 1.26 bits per heavy atom. The number of aryl methyl sites for hydroxylation is 1. The second-order valence-electron chi connectivity index (χ2n) is 5.08. The van der Waals surface area contributed by atoms with E-state index in [0.29, 0.717) is 34.2 Å². The van der Waals surface area contributed by atoms with Crippen LogP contribution in [0, 0.1) is 6.92 Å². The summed E-state index contributed by atoms with van der Waals surface area (Å²) in [6, 6.07) is 11.2. The molecule has 23 heavy (non-hydrogen) atoms. The predicted molar refractivity (Wildman–Crippen MR) is 92.5 cm³/mol. The second-order valence-corrected chi connectivity index (χ2v) is 6.15. The van der Waals surface area contributed by atoms with Crippen LogP contribution in [0.15, 0.2) is 52.5 Å². The number of ether oxygens (including phenoxy) is 1. The van der Waals surface area contributed by atoms with E-state index in [1.165, 1.54) is 11.8 Å². The Morgan fingerprint density at radius 3 is 2.87 bits per heavy atom. The quantitative estimate of drug-likeness (QED) is 0.410. The van der Waals surface area contributed by atoms with Crippen LogP contribution in [0.5, 0.6) is 0 Å². The van der Waals surface area contributed by atoms with Gasteiger partial charge in [0.05, 0.1) is 17.5 Å². The zero-order valence-electron chi connectivity index (χ0n) is 13.0. The summed E-state index contributed by atoms with van der Waals surface area (Å²) in [5, 5.41) is 1.22. The third-order valence-corrected chi connectivity index (χ3v) is 4.30. The molecule has 0 fully saturated rings. The van der Waals surface area contributed by atoms with E-state index in [4.69, 9.17) is 4.74 Å². The Kier molecular flexibility index (Phi) is 4.73. The second kappa shape index (κ2) is 6.93. The van der Waals surface area contributed by atoms with Crippen LogP contribution in [0.25, 0.3) is 16.7 Å². The molecule has 0 unspecified atom stereocenters. The van der Waals surface area contributed by atoms with Crippen molar-refractivity contribution in [1.82, 2.24) is 14.5 Å². The first kappa shape index (κ1) is 15.7. The van der Waals surface area contributed by atoms with Gasteiger partial charge in [-0.05, 0) is 36.8 Å². The maximum atomic E-state index is 12.9. The summed E-state index contributed by atoms with van der Waals surface area (Å²) >= 11 is 1.49. The van der Waals surface area contributed by atoms with Crippen LogP contribution in [-0.2, 0) is 4.74 Å². The van der Waals surface area contributed by atoms with Gasteiger partial charge in [-0.15, -0.1) is 0 Å². The number of thioether (sulfide) groups is 1. The van der Waals surface area contributed by atoms with E-state index < -0.39 is 0 Å². The topological polar surface area (TPSA) is 57.0 Å². The van der Waals surface area contributed by atoms with Gasteiger partial charge in [0.25, 0.3) is 5.56 Å². The molecule has 3 aromatic rings. The lowest BCUT2D eigenvalue weighted by molar-refractivity contribution is 0.218. The van der Waals surface area contributed by atoms with Gasteiger partial charge in [0.1, 0.15) is 5.82 Å². The van der Waals surface area contributed by atoms with E-state index in [1.807, 2.05) is 37.3 Å². The van der Waals surface area contributed by atoms with E-state index in [2.05, 4.69) is 9.97 Å². The largest absolute Gasteiger partial charge is 0.384 e. The van der Waals surface area contributed by atoms with Crippen molar-refractivity contribution in [3.05, 3.63) is 58.5 Å². The number of hydrogen-bond acceptors (Lipinski definition) is 5.